The molecular weight excluding hydrogens is 200 g/mol. The molecule has 3 nitrogen and oxygen atoms in total. The highest BCUT2D eigenvalue weighted by Gasteiger charge is 2.03. The maximum atomic E-state index is 11.0. The number of ketones is 1. The molecule has 0 atom stereocenters. The molecule has 0 amide bonds. The predicted octanol–water partition coefficient (Wildman–Crippen LogP) is 2.49. The van der Waals surface area contributed by atoms with E-state index < -0.39 is 0 Å². The topological polar surface area (TPSA) is 42.9 Å². The van der Waals surface area contributed by atoms with E-state index in [1.54, 1.807) is 18.2 Å². The summed E-state index contributed by atoms with van der Waals surface area (Å²) in [7, 11) is 0. The molecule has 0 saturated heterocycles. The molecule has 0 bridgehead atoms. The molecule has 2 rings (SSSR count). The van der Waals surface area contributed by atoms with E-state index in [1.165, 1.54) is 13.1 Å². The van der Waals surface area contributed by atoms with Crippen molar-refractivity contribution < 1.29 is 4.79 Å². The van der Waals surface area contributed by atoms with Crippen molar-refractivity contribution in [2.24, 2.45) is 0 Å². The van der Waals surface area contributed by atoms with Crippen LogP contribution in [-0.2, 0) is 0 Å². The van der Waals surface area contributed by atoms with Gasteiger partial charge in [0, 0.05) is 11.9 Å². The first-order chi connectivity index (χ1) is 6.66. The summed E-state index contributed by atoms with van der Waals surface area (Å²) < 4.78 is 0. The van der Waals surface area contributed by atoms with Crippen molar-refractivity contribution in [2.75, 3.05) is 0 Å². The Hall–Kier alpha value is -1.48. The molecule has 0 aliphatic heterocycles. The van der Waals surface area contributed by atoms with Gasteiger partial charge in [0.25, 0.3) is 0 Å². The zero-order chi connectivity index (χ0) is 10.1. The van der Waals surface area contributed by atoms with Gasteiger partial charge < -0.3 is 0 Å². The number of carbonyl (C=O) groups is 1. The first-order valence-corrected chi connectivity index (χ1v) is 4.48. The van der Waals surface area contributed by atoms with Crippen LogP contribution in [0.15, 0.2) is 24.4 Å². The van der Waals surface area contributed by atoms with Crippen molar-refractivity contribution >= 4 is 28.4 Å². The van der Waals surface area contributed by atoms with Gasteiger partial charge in [-0.2, -0.15) is 0 Å². The first-order valence-electron chi connectivity index (χ1n) is 4.10. The Morgan fingerprint density at radius 3 is 2.86 bits per heavy atom. The van der Waals surface area contributed by atoms with Gasteiger partial charge in [-0.05, 0) is 18.2 Å². The molecule has 1 heterocycles. The van der Waals surface area contributed by atoms with Gasteiger partial charge >= 0.3 is 0 Å². The lowest BCUT2D eigenvalue weighted by Crippen LogP contribution is -1.98. The summed E-state index contributed by atoms with van der Waals surface area (Å²) in [6, 6.07) is 5.19. The molecule has 2 aromatic rings. The van der Waals surface area contributed by atoms with Crippen molar-refractivity contribution in [2.45, 2.75) is 6.92 Å². The summed E-state index contributed by atoms with van der Waals surface area (Å²) in [4.78, 5) is 19.3. The number of benzene rings is 1. The van der Waals surface area contributed by atoms with Gasteiger partial charge in [0.2, 0.25) is 0 Å². The zero-order valence-electron chi connectivity index (χ0n) is 7.49. The van der Waals surface area contributed by atoms with Gasteiger partial charge in [-0.1, -0.05) is 11.6 Å². The lowest BCUT2D eigenvalue weighted by molar-refractivity contribution is 0.101. The summed E-state index contributed by atoms with van der Waals surface area (Å²) >= 11 is 5.79. The maximum Gasteiger partial charge on any atom is 0.179 e. The van der Waals surface area contributed by atoms with Gasteiger partial charge in [0.15, 0.2) is 5.78 Å². The number of carbonyl (C=O) groups excluding carboxylic acids is 1. The summed E-state index contributed by atoms with van der Waals surface area (Å²) in [5.74, 6) is -0.0886. The summed E-state index contributed by atoms with van der Waals surface area (Å²) in [6.07, 6.45) is 1.46. The van der Waals surface area contributed by atoms with Crippen LogP contribution in [0.2, 0.25) is 5.02 Å². The minimum Gasteiger partial charge on any atom is -0.293 e. The third-order valence-corrected chi connectivity index (χ3v) is 2.10. The number of hydrogen-bond donors (Lipinski definition) is 0. The maximum absolute atomic E-state index is 11.0. The largest absolute Gasteiger partial charge is 0.293 e. The molecule has 0 N–H and O–H groups in total. The average Bonchev–Trinajstić information content (AvgIpc) is 2.16. The Labute approximate surface area is 85.7 Å². The van der Waals surface area contributed by atoms with Gasteiger partial charge in [-0.3, -0.25) is 9.78 Å². The van der Waals surface area contributed by atoms with E-state index >= 15 is 0 Å². The molecule has 0 unspecified atom stereocenters. The van der Waals surface area contributed by atoms with E-state index in [4.69, 9.17) is 11.6 Å². The van der Waals surface area contributed by atoms with Crippen LogP contribution in [0.5, 0.6) is 0 Å². The second-order valence-corrected chi connectivity index (χ2v) is 3.38. The molecule has 14 heavy (non-hydrogen) atoms. The van der Waals surface area contributed by atoms with Crippen LogP contribution in [0.1, 0.15) is 17.4 Å². The second kappa shape index (κ2) is 3.35. The third kappa shape index (κ3) is 1.59. The normalized spacial score (nSPS) is 10.4. The number of Topliss-reactive ketones (excluding diaryl/α,β-unsaturated/α-hetero) is 1. The van der Waals surface area contributed by atoms with Gasteiger partial charge in [0.1, 0.15) is 5.69 Å². The molecule has 0 fully saturated rings. The SMILES string of the molecule is CC(=O)c1cnc2cc(Cl)ccc2n1. The second-order valence-electron chi connectivity index (χ2n) is 2.94. The number of rotatable bonds is 1. The Bertz CT molecular complexity index is 510. The Morgan fingerprint density at radius 1 is 1.36 bits per heavy atom. The van der Waals surface area contributed by atoms with E-state index in [9.17, 15) is 4.79 Å². The van der Waals surface area contributed by atoms with Crippen LogP contribution >= 0.6 is 11.6 Å². The molecule has 0 aliphatic rings. The fraction of sp³-hybridized carbons (Fsp3) is 0.100. The summed E-state index contributed by atoms with van der Waals surface area (Å²) in [6.45, 7) is 1.46. The average molecular weight is 207 g/mol. The smallest absolute Gasteiger partial charge is 0.179 e. The lowest BCUT2D eigenvalue weighted by atomic mass is 10.2. The predicted molar refractivity (Wildman–Crippen MR) is 54.6 cm³/mol. The third-order valence-electron chi connectivity index (χ3n) is 1.86. The van der Waals surface area contributed by atoms with E-state index in [-0.39, 0.29) is 5.78 Å². The highest BCUT2D eigenvalue weighted by atomic mass is 35.5. The highest BCUT2D eigenvalue weighted by Crippen LogP contribution is 2.15. The van der Waals surface area contributed by atoms with Crippen molar-refractivity contribution in [3.8, 4) is 0 Å². The van der Waals surface area contributed by atoms with Crippen LogP contribution in [0.4, 0.5) is 0 Å². The quantitative estimate of drug-likeness (QED) is 0.674. The van der Waals surface area contributed by atoms with Crippen LogP contribution in [-0.4, -0.2) is 15.8 Å². The minimum atomic E-state index is -0.0886. The standard InChI is InChI=1S/C10H7ClN2O/c1-6(14)10-5-12-9-4-7(11)2-3-8(9)13-10/h2-5H,1H3. The Balaban J connectivity index is 2.67. The number of hydrogen-bond acceptors (Lipinski definition) is 3. The molecule has 0 radical (unpaired) electrons. The number of aromatic nitrogens is 2. The van der Waals surface area contributed by atoms with E-state index in [0.717, 1.165) is 0 Å². The van der Waals surface area contributed by atoms with Crippen LogP contribution in [0.3, 0.4) is 0 Å². The summed E-state index contributed by atoms with van der Waals surface area (Å²) in [5, 5.41) is 0.613. The molecule has 0 saturated carbocycles. The van der Waals surface area contributed by atoms with E-state index in [0.29, 0.717) is 21.7 Å². The van der Waals surface area contributed by atoms with Crippen LogP contribution < -0.4 is 0 Å². The Morgan fingerprint density at radius 2 is 2.14 bits per heavy atom. The number of halogens is 1. The number of fused-ring (bicyclic) bond motifs is 1. The van der Waals surface area contributed by atoms with E-state index in [2.05, 4.69) is 9.97 Å². The van der Waals surface area contributed by atoms with Crippen LogP contribution in [0.25, 0.3) is 11.0 Å². The van der Waals surface area contributed by atoms with E-state index in [1.807, 2.05) is 0 Å². The van der Waals surface area contributed by atoms with Crippen molar-refractivity contribution in [3.63, 3.8) is 0 Å². The molecule has 0 spiro atoms. The van der Waals surface area contributed by atoms with Crippen LogP contribution in [0, 0.1) is 0 Å². The minimum absolute atomic E-state index is 0.0886. The summed E-state index contributed by atoms with van der Waals surface area (Å²) in [5.41, 5.74) is 1.75. The molecular formula is C10H7ClN2O. The molecule has 1 aromatic heterocycles. The molecule has 1 aromatic carbocycles. The lowest BCUT2D eigenvalue weighted by Gasteiger charge is -1.98. The van der Waals surface area contributed by atoms with Gasteiger partial charge in [-0.25, -0.2) is 4.98 Å². The van der Waals surface area contributed by atoms with Gasteiger partial charge in [0.05, 0.1) is 17.2 Å². The van der Waals surface area contributed by atoms with Gasteiger partial charge in [-0.15, -0.1) is 0 Å². The molecule has 4 heteroatoms. The van der Waals surface area contributed by atoms with Crippen molar-refractivity contribution in [1.29, 1.82) is 0 Å². The molecule has 0 aliphatic carbocycles. The number of nitrogens with zero attached hydrogens (tertiary/aromatic N) is 2. The highest BCUT2D eigenvalue weighted by molar-refractivity contribution is 6.31. The fourth-order valence-corrected chi connectivity index (χ4v) is 1.32. The van der Waals surface area contributed by atoms with Crippen molar-refractivity contribution in [1.82, 2.24) is 9.97 Å². The monoisotopic (exact) mass is 206 g/mol. The Kier molecular flexibility index (Phi) is 2.17. The first kappa shape index (κ1) is 9.09. The van der Waals surface area contributed by atoms with Crippen molar-refractivity contribution in [3.05, 3.63) is 35.1 Å². The fourth-order valence-electron chi connectivity index (χ4n) is 1.15. The zero-order valence-corrected chi connectivity index (χ0v) is 8.25. The molecule has 70 valence electrons.